The van der Waals surface area contributed by atoms with Crippen LogP contribution in [0.2, 0.25) is 0 Å². The zero-order valence-corrected chi connectivity index (χ0v) is 11.6. The van der Waals surface area contributed by atoms with Crippen molar-refractivity contribution in [2.75, 3.05) is 31.2 Å². The number of rotatable bonds is 4. The lowest BCUT2D eigenvalue weighted by Gasteiger charge is -2.26. The fraction of sp³-hybridized carbons (Fsp3) is 0.357. The van der Waals surface area contributed by atoms with Crippen LogP contribution in [0.5, 0.6) is 0 Å². The molecule has 21 heavy (non-hydrogen) atoms. The first kappa shape index (κ1) is 13.7. The summed E-state index contributed by atoms with van der Waals surface area (Å²) in [6.07, 6.45) is 2.57. The van der Waals surface area contributed by atoms with Gasteiger partial charge in [0.2, 0.25) is 0 Å². The Morgan fingerprint density at radius 2 is 2.00 bits per heavy atom. The molecule has 0 aliphatic carbocycles. The van der Waals surface area contributed by atoms with Gasteiger partial charge in [-0.15, -0.1) is 5.10 Å². The molecular weight excluding hydrogens is 270 g/mol. The summed E-state index contributed by atoms with van der Waals surface area (Å²) in [7, 11) is 0. The molecule has 0 bridgehead atoms. The number of hydrogen-bond donors (Lipinski definition) is 1. The molecule has 2 N–H and O–H groups in total. The normalized spacial score (nSPS) is 15.5. The number of carbonyl (C=O) groups is 1. The Balaban J connectivity index is 1.78. The number of aromatic nitrogens is 3. The van der Waals surface area contributed by atoms with Crippen molar-refractivity contribution in [3.05, 3.63) is 36.2 Å². The van der Waals surface area contributed by atoms with Gasteiger partial charge in [0.1, 0.15) is 6.61 Å². The molecule has 1 amide bonds. The van der Waals surface area contributed by atoms with Gasteiger partial charge in [0.15, 0.2) is 0 Å². The third-order valence-electron chi connectivity index (χ3n) is 3.35. The molecule has 7 nitrogen and oxygen atoms in total. The van der Waals surface area contributed by atoms with E-state index in [2.05, 4.69) is 10.3 Å². The molecule has 7 heteroatoms. The summed E-state index contributed by atoms with van der Waals surface area (Å²) in [6, 6.07) is 7.64. The van der Waals surface area contributed by atoms with Gasteiger partial charge in [0.05, 0.1) is 24.2 Å². The number of hydrogen-bond acceptors (Lipinski definition) is 5. The van der Waals surface area contributed by atoms with Crippen LogP contribution in [0.25, 0.3) is 5.69 Å². The SMILES string of the molecule is NCCc1cn(-c2ccc(N3CCOCC3=O)cc2)nn1. The van der Waals surface area contributed by atoms with E-state index in [9.17, 15) is 4.79 Å². The molecule has 1 fully saturated rings. The van der Waals surface area contributed by atoms with Gasteiger partial charge in [-0.05, 0) is 30.8 Å². The van der Waals surface area contributed by atoms with E-state index in [4.69, 9.17) is 10.5 Å². The second kappa shape index (κ2) is 6.02. The predicted octanol–water partition coefficient (Wildman–Crippen LogP) is 0.132. The Morgan fingerprint density at radius 1 is 1.24 bits per heavy atom. The highest BCUT2D eigenvalue weighted by atomic mass is 16.5. The smallest absolute Gasteiger partial charge is 0.253 e. The van der Waals surface area contributed by atoms with E-state index in [0.717, 1.165) is 17.1 Å². The molecule has 0 atom stereocenters. The summed E-state index contributed by atoms with van der Waals surface area (Å²) in [5.74, 6) is -0.0139. The molecule has 1 aliphatic rings. The van der Waals surface area contributed by atoms with Crippen LogP contribution in [0.15, 0.2) is 30.5 Å². The number of amides is 1. The first-order valence-corrected chi connectivity index (χ1v) is 6.88. The van der Waals surface area contributed by atoms with E-state index >= 15 is 0 Å². The van der Waals surface area contributed by atoms with Crippen molar-refractivity contribution in [3.63, 3.8) is 0 Å². The number of nitrogens with two attached hydrogens (primary N) is 1. The fourth-order valence-electron chi connectivity index (χ4n) is 2.26. The van der Waals surface area contributed by atoms with E-state index in [0.29, 0.717) is 26.1 Å². The summed E-state index contributed by atoms with van der Waals surface area (Å²) < 4.78 is 6.83. The van der Waals surface area contributed by atoms with Gasteiger partial charge in [-0.25, -0.2) is 4.68 Å². The molecule has 2 heterocycles. The van der Waals surface area contributed by atoms with Crippen molar-refractivity contribution in [3.8, 4) is 5.69 Å². The van der Waals surface area contributed by atoms with Crippen LogP contribution in [-0.2, 0) is 16.0 Å². The van der Waals surface area contributed by atoms with Crippen molar-refractivity contribution >= 4 is 11.6 Å². The lowest BCUT2D eigenvalue weighted by atomic mass is 10.2. The summed E-state index contributed by atoms with van der Waals surface area (Å²) in [5, 5.41) is 8.13. The average Bonchev–Trinajstić information content (AvgIpc) is 2.97. The first-order valence-electron chi connectivity index (χ1n) is 6.88. The van der Waals surface area contributed by atoms with Crippen molar-refractivity contribution in [1.29, 1.82) is 0 Å². The topological polar surface area (TPSA) is 86.3 Å². The predicted molar refractivity (Wildman–Crippen MR) is 77.3 cm³/mol. The molecule has 110 valence electrons. The molecule has 0 saturated carbocycles. The third-order valence-corrected chi connectivity index (χ3v) is 3.35. The van der Waals surface area contributed by atoms with Crippen LogP contribution in [0.1, 0.15) is 5.69 Å². The largest absolute Gasteiger partial charge is 0.370 e. The zero-order chi connectivity index (χ0) is 14.7. The minimum atomic E-state index is -0.0139. The highest BCUT2D eigenvalue weighted by Gasteiger charge is 2.19. The van der Waals surface area contributed by atoms with Crippen LogP contribution in [0.4, 0.5) is 5.69 Å². The number of carbonyl (C=O) groups excluding carboxylic acids is 1. The van der Waals surface area contributed by atoms with Crippen LogP contribution >= 0.6 is 0 Å². The molecule has 3 rings (SSSR count). The molecule has 1 aromatic heterocycles. The van der Waals surface area contributed by atoms with Crippen LogP contribution in [0.3, 0.4) is 0 Å². The van der Waals surface area contributed by atoms with Gasteiger partial charge in [-0.2, -0.15) is 0 Å². The molecule has 1 aliphatic heterocycles. The fourth-order valence-corrected chi connectivity index (χ4v) is 2.26. The summed E-state index contributed by atoms with van der Waals surface area (Å²) >= 11 is 0. The maximum absolute atomic E-state index is 11.8. The minimum absolute atomic E-state index is 0.0139. The summed E-state index contributed by atoms with van der Waals surface area (Å²) in [5.41, 5.74) is 8.13. The van der Waals surface area contributed by atoms with Crippen molar-refractivity contribution in [2.45, 2.75) is 6.42 Å². The number of benzene rings is 1. The maximum atomic E-state index is 11.8. The second-order valence-corrected chi connectivity index (χ2v) is 4.81. The van der Waals surface area contributed by atoms with Crippen LogP contribution < -0.4 is 10.6 Å². The Kier molecular flexibility index (Phi) is 3.94. The monoisotopic (exact) mass is 287 g/mol. The quantitative estimate of drug-likeness (QED) is 0.864. The van der Waals surface area contributed by atoms with Gasteiger partial charge in [-0.1, -0.05) is 5.21 Å². The number of nitrogens with zero attached hydrogens (tertiary/aromatic N) is 4. The molecule has 0 radical (unpaired) electrons. The van der Waals surface area contributed by atoms with Gasteiger partial charge in [-0.3, -0.25) is 4.79 Å². The highest BCUT2D eigenvalue weighted by Crippen LogP contribution is 2.19. The second-order valence-electron chi connectivity index (χ2n) is 4.81. The van der Waals surface area contributed by atoms with Gasteiger partial charge in [0.25, 0.3) is 5.91 Å². The number of anilines is 1. The van der Waals surface area contributed by atoms with E-state index in [1.807, 2.05) is 30.5 Å². The number of morpholine rings is 1. The highest BCUT2D eigenvalue weighted by molar-refractivity contribution is 5.94. The van der Waals surface area contributed by atoms with Crippen molar-refractivity contribution in [1.82, 2.24) is 15.0 Å². The van der Waals surface area contributed by atoms with Gasteiger partial charge >= 0.3 is 0 Å². The lowest BCUT2D eigenvalue weighted by Crippen LogP contribution is -2.41. The molecule has 2 aromatic rings. The van der Waals surface area contributed by atoms with E-state index < -0.39 is 0 Å². The standard InChI is InChI=1S/C14H17N5O2/c15-6-5-11-9-19(17-16-11)13-3-1-12(2-4-13)18-7-8-21-10-14(18)20/h1-4,9H,5-8,10,15H2. The summed E-state index contributed by atoms with van der Waals surface area (Å²) in [6.45, 7) is 1.85. The Hall–Kier alpha value is -2.25. The van der Waals surface area contributed by atoms with Crippen LogP contribution in [0, 0.1) is 0 Å². The van der Waals surface area contributed by atoms with E-state index in [1.54, 1.807) is 9.58 Å². The maximum Gasteiger partial charge on any atom is 0.253 e. The van der Waals surface area contributed by atoms with E-state index in [-0.39, 0.29) is 12.5 Å². The van der Waals surface area contributed by atoms with Gasteiger partial charge < -0.3 is 15.4 Å². The molecule has 0 spiro atoms. The average molecular weight is 287 g/mol. The molecule has 1 aromatic carbocycles. The summed E-state index contributed by atoms with van der Waals surface area (Å²) in [4.78, 5) is 13.5. The Morgan fingerprint density at radius 3 is 2.71 bits per heavy atom. The molecule has 0 unspecified atom stereocenters. The van der Waals surface area contributed by atoms with E-state index in [1.165, 1.54) is 0 Å². The lowest BCUT2D eigenvalue weighted by molar-refractivity contribution is -0.125. The number of ether oxygens (including phenoxy) is 1. The van der Waals surface area contributed by atoms with Crippen LogP contribution in [-0.4, -0.2) is 47.2 Å². The Bertz CT molecular complexity index is 623. The molecule has 1 saturated heterocycles. The Labute approximate surface area is 122 Å². The van der Waals surface area contributed by atoms with Crippen molar-refractivity contribution in [2.24, 2.45) is 5.73 Å². The van der Waals surface area contributed by atoms with Gasteiger partial charge in [0, 0.05) is 18.7 Å². The first-order chi connectivity index (χ1) is 10.3. The van der Waals surface area contributed by atoms with Crippen molar-refractivity contribution < 1.29 is 9.53 Å². The third kappa shape index (κ3) is 2.93. The molecular formula is C14H17N5O2. The zero-order valence-electron chi connectivity index (χ0n) is 11.6. The minimum Gasteiger partial charge on any atom is -0.370 e.